The highest BCUT2D eigenvalue weighted by molar-refractivity contribution is 6.05. The van der Waals surface area contributed by atoms with Crippen molar-refractivity contribution in [3.05, 3.63) is 59.2 Å². The minimum Gasteiger partial charge on any atom is -0.376 e. The van der Waals surface area contributed by atoms with Gasteiger partial charge in [0.15, 0.2) is 17.5 Å². The van der Waals surface area contributed by atoms with E-state index in [0.717, 1.165) is 18.9 Å². The molecular formula is C18H16F3N3O3. The molecule has 1 aromatic carbocycles. The SMILES string of the molecule is O=C(Nc1ccc(F)c(F)c1F)c1ccnc(C(=O)NCC2CCCO2)c1. The summed E-state index contributed by atoms with van der Waals surface area (Å²) in [6.07, 6.45) is 3.00. The van der Waals surface area contributed by atoms with E-state index in [1.165, 1.54) is 18.3 Å². The van der Waals surface area contributed by atoms with E-state index in [2.05, 4.69) is 15.6 Å². The van der Waals surface area contributed by atoms with Crippen molar-refractivity contribution in [1.82, 2.24) is 10.3 Å². The quantitative estimate of drug-likeness (QED) is 0.783. The largest absolute Gasteiger partial charge is 0.376 e. The molecule has 1 atom stereocenters. The summed E-state index contributed by atoms with van der Waals surface area (Å²) in [5.74, 6) is -5.84. The van der Waals surface area contributed by atoms with Gasteiger partial charge in [-0.2, -0.15) is 0 Å². The summed E-state index contributed by atoms with van der Waals surface area (Å²) in [4.78, 5) is 28.3. The Bertz CT molecular complexity index is 870. The minimum atomic E-state index is -1.68. The zero-order valence-corrected chi connectivity index (χ0v) is 14.1. The first-order chi connectivity index (χ1) is 13.0. The number of carbonyl (C=O) groups is 2. The number of carbonyl (C=O) groups excluding carboxylic acids is 2. The molecule has 0 bridgehead atoms. The van der Waals surface area contributed by atoms with Crippen LogP contribution in [-0.2, 0) is 4.74 Å². The summed E-state index contributed by atoms with van der Waals surface area (Å²) in [6, 6.07) is 4.13. The molecule has 1 aliphatic rings. The van der Waals surface area contributed by atoms with Crippen LogP contribution in [0.2, 0.25) is 0 Å². The van der Waals surface area contributed by atoms with E-state index >= 15 is 0 Å². The fraction of sp³-hybridized carbons (Fsp3) is 0.278. The Morgan fingerprint density at radius 3 is 2.70 bits per heavy atom. The molecule has 1 saturated heterocycles. The molecule has 1 fully saturated rings. The van der Waals surface area contributed by atoms with Crippen LogP contribution in [0.1, 0.15) is 33.7 Å². The zero-order valence-electron chi connectivity index (χ0n) is 14.1. The number of ether oxygens (including phenoxy) is 1. The number of anilines is 1. The lowest BCUT2D eigenvalue weighted by molar-refractivity contribution is 0.0853. The second-order valence-electron chi connectivity index (χ2n) is 5.95. The molecule has 1 unspecified atom stereocenters. The Hall–Kier alpha value is -2.94. The molecule has 2 aromatic rings. The van der Waals surface area contributed by atoms with Crippen molar-refractivity contribution >= 4 is 17.5 Å². The summed E-state index contributed by atoms with van der Waals surface area (Å²) in [6.45, 7) is 0.992. The molecule has 0 radical (unpaired) electrons. The van der Waals surface area contributed by atoms with E-state index in [1.54, 1.807) is 0 Å². The first-order valence-electron chi connectivity index (χ1n) is 8.26. The first-order valence-corrected chi connectivity index (χ1v) is 8.26. The number of pyridine rings is 1. The third kappa shape index (κ3) is 4.43. The summed E-state index contributed by atoms with van der Waals surface area (Å²) in [5.41, 5.74) is -0.511. The smallest absolute Gasteiger partial charge is 0.269 e. The highest BCUT2D eigenvalue weighted by Gasteiger charge is 2.19. The van der Waals surface area contributed by atoms with Crippen LogP contribution in [0.15, 0.2) is 30.5 Å². The van der Waals surface area contributed by atoms with Gasteiger partial charge in [-0.15, -0.1) is 0 Å². The van der Waals surface area contributed by atoms with Gasteiger partial charge in [-0.1, -0.05) is 0 Å². The van der Waals surface area contributed by atoms with Crippen LogP contribution < -0.4 is 10.6 Å². The molecule has 2 amide bonds. The van der Waals surface area contributed by atoms with E-state index in [1.807, 2.05) is 0 Å². The monoisotopic (exact) mass is 379 g/mol. The lowest BCUT2D eigenvalue weighted by Gasteiger charge is -2.11. The van der Waals surface area contributed by atoms with Crippen LogP contribution in [-0.4, -0.2) is 36.1 Å². The summed E-state index contributed by atoms with van der Waals surface area (Å²) >= 11 is 0. The predicted molar refractivity (Wildman–Crippen MR) is 89.8 cm³/mol. The van der Waals surface area contributed by atoms with Gasteiger partial charge in [-0.3, -0.25) is 14.6 Å². The number of hydrogen-bond acceptors (Lipinski definition) is 4. The average molecular weight is 379 g/mol. The molecule has 27 heavy (non-hydrogen) atoms. The van der Waals surface area contributed by atoms with Crippen molar-refractivity contribution in [3.63, 3.8) is 0 Å². The Morgan fingerprint density at radius 2 is 1.96 bits per heavy atom. The second kappa shape index (κ2) is 8.17. The molecule has 1 aliphatic heterocycles. The molecule has 1 aromatic heterocycles. The van der Waals surface area contributed by atoms with Crippen LogP contribution in [0, 0.1) is 17.5 Å². The summed E-state index contributed by atoms with van der Waals surface area (Å²) < 4.78 is 45.3. The fourth-order valence-corrected chi connectivity index (χ4v) is 2.62. The maximum atomic E-state index is 13.7. The molecule has 2 N–H and O–H groups in total. The van der Waals surface area contributed by atoms with Crippen LogP contribution in [0.5, 0.6) is 0 Å². The second-order valence-corrected chi connectivity index (χ2v) is 5.95. The molecule has 9 heteroatoms. The van der Waals surface area contributed by atoms with Gasteiger partial charge in [0.2, 0.25) is 0 Å². The maximum absolute atomic E-state index is 13.7. The Balaban J connectivity index is 1.68. The van der Waals surface area contributed by atoms with Gasteiger partial charge < -0.3 is 15.4 Å². The first kappa shape index (κ1) is 18.8. The molecule has 0 spiro atoms. The topological polar surface area (TPSA) is 80.3 Å². The summed E-state index contributed by atoms with van der Waals surface area (Å²) in [7, 11) is 0. The maximum Gasteiger partial charge on any atom is 0.269 e. The lowest BCUT2D eigenvalue weighted by Crippen LogP contribution is -2.32. The minimum absolute atomic E-state index is 0.00796. The Morgan fingerprint density at radius 1 is 1.15 bits per heavy atom. The summed E-state index contributed by atoms with van der Waals surface area (Å²) in [5, 5.41) is 4.81. The van der Waals surface area contributed by atoms with Gasteiger partial charge in [0.1, 0.15) is 5.69 Å². The number of benzene rings is 1. The third-order valence-corrected chi connectivity index (χ3v) is 4.05. The van der Waals surface area contributed by atoms with Crippen molar-refractivity contribution in [2.75, 3.05) is 18.5 Å². The number of nitrogens with zero attached hydrogens (tertiary/aromatic N) is 1. The number of hydrogen-bond donors (Lipinski definition) is 2. The van der Waals surface area contributed by atoms with E-state index in [0.29, 0.717) is 19.2 Å². The normalized spacial score (nSPS) is 16.2. The van der Waals surface area contributed by atoms with Crippen molar-refractivity contribution in [3.8, 4) is 0 Å². The number of rotatable bonds is 5. The van der Waals surface area contributed by atoms with Gasteiger partial charge >= 0.3 is 0 Å². The van der Waals surface area contributed by atoms with Crippen molar-refractivity contribution in [1.29, 1.82) is 0 Å². The molecule has 0 aliphatic carbocycles. The number of halogens is 3. The van der Waals surface area contributed by atoms with E-state index < -0.39 is 35.0 Å². The highest BCUT2D eigenvalue weighted by atomic mass is 19.2. The zero-order chi connectivity index (χ0) is 19.4. The van der Waals surface area contributed by atoms with Crippen molar-refractivity contribution in [2.24, 2.45) is 0 Å². The van der Waals surface area contributed by atoms with Crippen LogP contribution >= 0.6 is 0 Å². The van der Waals surface area contributed by atoms with Crippen molar-refractivity contribution < 1.29 is 27.5 Å². The van der Waals surface area contributed by atoms with Gasteiger partial charge in [-0.05, 0) is 37.1 Å². The number of aromatic nitrogens is 1. The molecular weight excluding hydrogens is 363 g/mol. The van der Waals surface area contributed by atoms with E-state index in [4.69, 9.17) is 4.74 Å². The Labute approximate surface area is 152 Å². The molecule has 2 heterocycles. The van der Waals surface area contributed by atoms with Gasteiger partial charge in [0.25, 0.3) is 11.8 Å². The van der Waals surface area contributed by atoms with Crippen LogP contribution in [0.4, 0.5) is 18.9 Å². The van der Waals surface area contributed by atoms with E-state index in [9.17, 15) is 22.8 Å². The van der Waals surface area contributed by atoms with Crippen LogP contribution in [0.25, 0.3) is 0 Å². The molecule has 6 nitrogen and oxygen atoms in total. The number of amides is 2. The molecule has 0 saturated carbocycles. The standard InChI is InChI=1S/C18H16F3N3O3/c19-12-3-4-13(16(21)15(12)20)24-17(25)10-5-6-22-14(8-10)18(26)23-9-11-2-1-7-27-11/h3-6,8,11H,1-2,7,9H2,(H,23,26)(H,24,25). The molecule has 3 rings (SSSR count). The van der Waals surface area contributed by atoms with E-state index in [-0.39, 0.29) is 17.4 Å². The Kier molecular flexibility index (Phi) is 5.70. The van der Waals surface area contributed by atoms with Gasteiger partial charge in [0, 0.05) is 24.9 Å². The molecule has 142 valence electrons. The highest BCUT2D eigenvalue weighted by Crippen LogP contribution is 2.20. The third-order valence-electron chi connectivity index (χ3n) is 4.05. The van der Waals surface area contributed by atoms with Gasteiger partial charge in [-0.25, -0.2) is 13.2 Å². The number of nitrogens with one attached hydrogen (secondary N) is 2. The van der Waals surface area contributed by atoms with Gasteiger partial charge in [0.05, 0.1) is 11.8 Å². The predicted octanol–water partition coefficient (Wildman–Crippen LogP) is 2.66. The lowest BCUT2D eigenvalue weighted by atomic mass is 10.2. The average Bonchev–Trinajstić information content (AvgIpc) is 3.20. The van der Waals surface area contributed by atoms with Crippen molar-refractivity contribution in [2.45, 2.75) is 18.9 Å². The fourth-order valence-electron chi connectivity index (χ4n) is 2.62. The van der Waals surface area contributed by atoms with Crippen LogP contribution in [0.3, 0.4) is 0 Å².